The quantitative estimate of drug-likeness (QED) is 0.555. The molecule has 0 aliphatic carbocycles. The zero-order chi connectivity index (χ0) is 23.3. The van der Waals surface area contributed by atoms with E-state index in [4.69, 9.17) is 32.8 Å². The molecule has 2 aromatic rings. The Labute approximate surface area is 186 Å². The first-order valence-corrected chi connectivity index (χ1v) is 9.80. The van der Waals surface area contributed by atoms with E-state index in [1.165, 1.54) is 0 Å². The van der Waals surface area contributed by atoms with Gasteiger partial charge in [0.05, 0.1) is 6.42 Å². The number of carbonyl (C=O) groups is 2. The molecule has 1 aliphatic rings. The maximum absolute atomic E-state index is 12.7. The number of esters is 2. The Balaban J connectivity index is 2.07. The molecule has 7 nitrogen and oxygen atoms in total. The lowest BCUT2D eigenvalue weighted by Crippen LogP contribution is -2.28. The van der Waals surface area contributed by atoms with Crippen LogP contribution < -0.4 is 10.5 Å². The number of benzene rings is 1. The Morgan fingerprint density at radius 1 is 1.06 bits per heavy atom. The second-order valence-corrected chi connectivity index (χ2v) is 7.17. The average Bonchev–Trinajstić information content (AvgIpc) is 2.75. The molecule has 1 unspecified atom stereocenters. The fourth-order valence-electron chi connectivity index (χ4n) is 3.58. The van der Waals surface area contributed by atoms with E-state index in [-0.39, 0.29) is 31.1 Å². The maximum Gasteiger partial charge on any atom is 0.341 e. The van der Waals surface area contributed by atoms with Gasteiger partial charge >= 0.3 is 11.9 Å². The summed E-state index contributed by atoms with van der Waals surface area (Å²) in [5.74, 6) is 2.63. The summed E-state index contributed by atoms with van der Waals surface area (Å²) in [6.07, 6.45) is 10.2. The lowest BCUT2D eigenvalue weighted by molar-refractivity contribution is -0.142. The molecular weight excluding hydrogens is 408 g/mol. The normalized spacial score (nSPS) is 14.4. The molecule has 1 aliphatic heterocycles. The minimum Gasteiger partial charge on any atom is -0.452 e. The number of hydrogen-bond donors (Lipinski definition) is 1. The highest BCUT2D eigenvalue weighted by molar-refractivity contribution is 5.93. The van der Waals surface area contributed by atoms with Crippen LogP contribution in [0.1, 0.15) is 29.3 Å². The van der Waals surface area contributed by atoms with E-state index in [1.807, 2.05) is 38.1 Å². The number of terminal acetylenes is 2. The fraction of sp³-hybridized carbons (Fsp3) is 0.240. The molecule has 1 atom stereocenters. The second kappa shape index (κ2) is 9.72. The highest BCUT2D eigenvalue weighted by Gasteiger charge is 2.36. The molecule has 0 radical (unpaired) electrons. The van der Waals surface area contributed by atoms with Crippen LogP contribution in [0.5, 0.6) is 5.75 Å². The van der Waals surface area contributed by atoms with E-state index in [0.29, 0.717) is 11.3 Å². The van der Waals surface area contributed by atoms with Crippen molar-refractivity contribution in [1.82, 2.24) is 4.98 Å². The van der Waals surface area contributed by atoms with E-state index in [2.05, 4.69) is 16.8 Å². The first-order valence-electron chi connectivity index (χ1n) is 9.80. The number of aryl methyl sites for hydroxylation is 2. The van der Waals surface area contributed by atoms with Crippen molar-refractivity contribution in [2.75, 3.05) is 13.2 Å². The van der Waals surface area contributed by atoms with Crippen molar-refractivity contribution in [3.8, 4) is 41.6 Å². The third-order valence-electron chi connectivity index (χ3n) is 4.83. The van der Waals surface area contributed by atoms with E-state index in [1.54, 1.807) is 6.07 Å². The number of carbonyl (C=O) groups excluding carboxylic acids is 2. The van der Waals surface area contributed by atoms with Gasteiger partial charge in [-0.2, -0.15) is 0 Å². The summed E-state index contributed by atoms with van der Waals surface area (Å²) in [4.78, 5) is 29.5. The van der Waals surface area contributed by atoms with Crippen molar-refractivity contribution < 1.29 is 23.8 Å². The molecule has 1 aromatic carbocycles. The van der Waals surface area contributed by atoms with Gasteiger partial charge in [0.15, 0.2) is 13.2 Å². The zero-order valence-corrected chi connectivity index (χ0v) is 17.8. The van der Waals surface area contributed by atoms with Crippen LogP contribution in [-0.4, -0.2) is 30.1 Å². The largest absolute Gasteiger partial charge is 0.452 e. The highest BCUT2D eigenvalue weighted by Crippen LogP contribution is 2.42. The van der Waals surface area contributed by atoms with Crippen molar-refractivity contribution in [2.45, 2.75) is 26.2 Å². The molecule has 7 heteroatoms. The molecule has 0 fully saturated rings. The molecule has 0 saturated heterocycles. The average molecular weight is 430 g/mol. The maximum atomic E-state index is 12.7. The predicted molar refractivity (Wildman–Crippen MR) is 118 cm³/mol. The van der Waals surface area contributed by atoms with E-state index in [0.717, 1.165) is 22.5 Å². The smallest absolute Gasteiger partial charge is 0.341 e. The molecular formula is C25H22N2O5. The topological polar surface area (TPSA) is 101 Å². The highest BCUT2D eigenvalue weighted by atomic mass is 16.5. The molecule has 162 valence electrons. The second-order valence-electron chi connectivity index (χ2n) is 7.17. The summed E-state index contributed by atoms with van der Waals surface area (Å²) in [7, 11) is 0. The number of pyridine rings is 1. The van der Waals surface area contributed by atoms with Crippen LogP contribution in [-0.2, 0) is 19.1 Å². The summed E-state index contributed by atoms with van der Waals surface area (Å²) in [6.45, 7) is 3.39. The molecule has 2 N–H and O–H groups in total. The van der Waals surface area contributed by atoms with Gasteiger partial charge in [-0.25, -0.2) is 4.79 Å². The number of ether oxygens (including phenoxy) is 3. The molecule has 0 bridgehead atoms. The Morgan fingerprint density at radius 2 is 1.72 bits per heavy atom. The van der Waals surface area contributed by atoms with Crippen molar-refractivity contribution in [2.24, 2.45) is 5.73 Å². The van der Waals surface area contributed by atoms with Gasteiger partial charge in [0.25, 0.3) is 0 Å². The number of nitrogens with zero attached hydrogens (tertiary/aromatic N) is 1. The van der Waals surface area contributed by atoms with E-state index >= 15 is 0 Å². The van der Waals surface area contributed by atoms with Crippen LogP contribution in [0.4, 0.5) is 0 Å². The summed E-state index contributed by atoms with van der Waals surface area (Å²) in [6, 6.07) is 9.35. The monoisotopic (exact) mass is 430 g/mol. The molecule has 0 spiro atoms. The van der Waals surface area contributed by atoms with Crippen molar-refractivity contribution >= 4 is 11.9 Å². The van der Waals surface area contributed by atoms with Gasteiger partial charge in [-0.1, -0.05) is 17.9 Å². The van der Waals surface area contributed by atoms with Gasteiger partial charge in [0.2, 0.25) is 5.88 Å². The van der Waals surface area contributed by atoms with Crippen molar-refractivity contribution in [3.05, 3.63) is 58.7 Å². The first kappa shape index (κ1) is 22.5. The Morgan fingerprint density at radius 3 is 2.38 bits per heavy atom. The molecule has 0 amide bonds. The number of aromatic nitrogens is 1. The third kappa shape index (κ3) is 4.91. The van der Waals surface area contributed by atoms with Crippen LogP contribution in [0.15, 0.2) is 41.8 Å². The van der Waals surface area contributed by atoms with Gasteiger partial charge in [-0.05, 0) is 49.2 Å². The number of rotatable bonds is 6. The van der Waals surface area contributed by atoms with Gasteiger partial charge in [0, 0.05) is 22.9 Å². The van der Waals surface area contributed by atoms with Crippen molar-refractivity contribution in [1.29, 1.82) is 0 Å². The molecule has 2 heterocycles. The SMILES string of the molecule is C#CCOC(=O)CC1C(C(=O)OCC#C)=C(N)Oc2ccc(-c3cc(C)nc(C)c3)cc21. The summed E-state index contributed by atoms with van der Waals surface area (Å²) in [5.41, 5.74) is 10.2. The van der Waals surface area contributed by atoms with Gasteiger partial charge in [-0.3, -0.25) is 9.78 Å². The summed E-state index contributed by atoms with van der Waals surface area (Å²) < 4.78 is 15.8. The van der Waals surface area contributed by atoms with Crippen LogP contribution >= 0.6 is 0 Å². The fourth-order valence-corrected chi connectivity index (χ4v) is 3.58. The Hall–Kier alpha value is -4.23. The lowest BCUT2D eigenvalue weighted by Gasteiger charge is -2.28. The van der Waals surface area contributed by atoms with Crippen LogP contribution in [0.2, 0.25) is 0 Å². The van der Waals surface area contributed by atoms with Gasteiger partial charge < -0.3 is 19.9 Å². The predicted octanol–water partition coefficient (Wildman–Crippen LogP) is 2.75. The summed E-state index contributed by atoms with van der Waals surface area (Å²) >= 11 is 0. The first-order chi connectivity index (χ1) is 15.3. The number of fused-ring (bicyclic) bond motifs is 1. The lowest BCUT2D eigenvalue weighted by atomic mass is 9.84. The number of hydrogen-bond acceptors (Lipinski definition) is 7. The van der Waals surface area contributed by atoms with Crippen molar-refractivity contribution in [3.63, 3.8) is 0 Å². The molecule has 0 saturated carbocycles. The third-order valence-corrected chi connectivity index (χ3v) is 4.83. The molecule has 3 rings (SSSR count). The van der Waals surface area contributed by atoms with E-state index < -0.39 is 17.9 Å². The minimum atomic E-state index is -0.765. The Kier molecular flexibility index (Phi) is 6.82. The molecule has 32 heavy (non-hydrogen) atoms. The zero-order valence-electron chi connectivity index (χ0n) is 17.8. The van der Waals surface area contributed by atoms with Gasteiger partial charge in [0.1, 0.15) is 11.3 Å². The Bertz CT molecular complexity index is 1160. The van der Waals surface area contributed by atoms with Crippen LogP contribution in [0, 0.1) is 38.5 Å². The standard InChI is InChI=1S/C25H22N2O5/c1-5-9-30-22(28)14-20-19-13-17(18-11-15(3)27-16(4)12-18)7-8-21(19)32-24(26)23(20)25(29)31-10-6-2/h1-2,7-8,11-13,20H,9-10,14,26H2,3-4H3. The van der Waals surface area contributed by atoms with Gasteiger partial charge in [-0.15, -0.1) is 12.8 Å². The number of nitrogens with two attached hydrogens (primary N) is 1. The van der Waals surface area contributed by atoms with Crippen LogP contribution in [0.25, 0.3) is 11.1 Å². The van der Waals surface area contributed by atoms with Crippen LogP contribution in [0.3, 0.4) is 0 Å². The minimum absolute atomic E-state index is 0.00430. The summed E-state index contributed by atoms with van der Waals surface area (Å²) in [5, 5.41) is 0. The molecule has 1 aromatic heterocycles. The van der Waals surface area contributed by atoms with E-state index in [9.17, 15) is 9.59 Å².